The molecule has 1 amide bonds. The van der Waals surface area contributed by atoms with Crippen molar-refractivity contribution in [2.24, 2.45) is 0 Å². The third-order valence-electron chi connectivity index (χ3n) is 7.39. The molecule has 9 heteroatoms. The Kier molecular flexibility index (Phi) is 6.72. The minimum atomic E-state index is -0.346. The minimum Gasteiger partial charge on any atom is -0.360 e. The largest absolute Gasteiger partial charge is 0.360 e. The Morgan fingerprint density at radius 1 is 0.949 bits per heavy atom. The molecule has 8 nitrogen and oxygen atoms in total. The summed E-state index contributed by atoms with van der Waals surface area (Å²) in [6.45, 7) is 3.37. The van der Waals surface area contributed by atoms with E-state index in [2.05, 4.69) is 57.7 Å². The zero-order valence-electron chi connectivity index (χ0n) is 21.3. The molecular formula is C30H29ClN6O2. The van der Waals surface area contributed by atoms with Crippen molar-refractivity contribution in [1.29, 1.82) is 0 Å². The average molecular weight is 541 g/mol. The van der Waals surface area contributed by atoms with Crippen LogP contribution in [0.5, 0.6) is 0 Å². The number of nitrogens with one attached hydrogen (secondary N) is 1. The number of amides is 1. The van der Waals surface area contributed by atoms with Crippen LogP contribution in [0.2, 0.25) is 5.02 Å². The van der Waals surface area contributed by atoms with E-state index in [1.165, 1.54) is 29.6 Å². The van der Waals surface area contributed by atoms with Gasteiger partial charge in [-0.15, -0.1) is 0 Å². The molecular weight excluding hydrogens is 512 g/mol. The monoisotopic (exact) mass is 540 g/mol. The predicted molar refractivity (Wildman–Crippen MR) is 154 cm³/mol. The van der Waals surface area contributed by atoms with E-state index in [0.717, 1.165) is 41.1 Å². The second-order valence-corrected chi connectivity index (χ2v) is 10.3. The number of halogens is 1. The highest BCUT2D eigenvalue weighted by molar-refractivity contribution is 6.30. The van der Waals surface area contributed by atoms with Crippen LogP contribution in [0.4, 0.5) is 0 Å². The van der Waals surface area contributed by atoms with Gasteiger partial charge >= 0.3 is 0 Å². The van der Waals surface area contributed by atoms with Crippen molar-refractivity contribution < 1.29 is 4.79 Å². The van der Waals surface area contributed by atoms with Gasteiger partial charge in [-0.3, -0.25) is 14.5 Å². The van der Waals surface area contributed by atoms with Gasteiger partial charge in [0.15, 0.2) is 0 Å². The fourth-order valence-electron chi connectivity index (χ4n) is 5.25. The lowest BCUT2D eigenvalue weighted by atomic mass is 10.0. The summed E-state index contributed by atoms with van der Waals surface area (Å²) >= 11 is 6.19. The fraction of sp³-hybridized carbons (Fsp3) is 0.200. The molecule has 2 aromatic carbocycles. The molecule has 0 spiro atoms. The first-order chi connectivity index (χ1) is 19.0. The summed E-state index contributed by atoms with van der Waals surface area (Å²) in [5.74, 6) is 5.55. The Balaban J connectivity index is 1.23. The van der Waals surface area contributed by atoms with Gasteiger partial charge in [-0.25, -0.2) is 4.68 Å². The number of allylic oxidation sites excluding steroid dienone is 2. The standard InChI is InChI=1S/C30H29ClN6O2/c31-25-10-6-22(7-11-25)29-26(36-18-23(8-12-27(36)33-29)21-4-2-1-3-5-21)20-34-14-16-35(17-15-34)30(39)24-9-13-28(38)37(32)19-24/h1-13,18-19,27,33H,14-17,20,32H2. The van der Waals surface area contributed by atoms with Crippen LogP contribution >= 0.6 is 11.6 Å². The molecule has 1 aromatic heterocycles. The molecule has 1 unspecified atom stereocenters. The lowest BCUT2D eigenvalue weighted by Crippen LogP contribution is -2.50. The number of hydrogen-bond donors (Lipinski definition) is 2. The Morgan fingerprint density at radius 3 is 2.41 bits per heavy atom. The van der Waals surface area contributed by atoms with Gasteiger partial charge in [-0.1, -0.05) is 60.1 Å². The number of aromatic nitrogens is 1. The molecule has 3 aromatic rings. The van der Waals surface area contributed by atoms with Gasteiger partial charge in [-0.2, -0.15) is 0 Å². The van der Waals surface area contributed by atoms with Crippen molar-refractivity contribution in [3.63, 3.8) is 0 Å². The molecule has 0 saturated carbocycles. The molecule has 0 aliphatic carbocycles. The van der Waals surface area contributed by atoms with Crippen molar-refractivity contribution in [2.45, 2.75) is 6.17 Å². The molecule has 198 valence electrons. The van der Waals surface area contributed by atoms with E-state index in [9.17, 15) is 9.59 Å². The van der Waals surface area contributed by atoms with Gasteiger partial charge < -0.3 is 21.0 Å². The number of hydrogen-bond acceptors (Lipinski definition) is 6. The van der Waals surface area contributed by atoms with Gasteiger partial charge in [0, 0.05) is 56.2 Å². The van der Waals surface area contributed by atoms with E-state index in [0.29, 0.717) is 23.7 Å². The average Bonchev–Trinajstić information content (AvgIpc) is 3.32. The molecule has 39 heavy (non-hydrogen) atoms. The summed E-state index contributed by atoms with van der Waals surface area (Å²) in [6, 6.07) is 21.1. The molecule has 0 radical (unpaired) electrons. The van der Waals surface area contributed by atoms with Crippen LogP contribution in [0.3, 0.4) is 0 Å². The van der Waals surface area contributed by atoms with E-state index >= 15 is 0 Å². The Bertz CT molecular complexity index is 1540. The molecule has 1 saturated heterocycles. The number of benzene rings is 2. The van der Waals surface area contributed by atoms with E-state index in [1.54, 1.807) is 0 Å². The smallest absolute Gasteiger partial charge is 0.268 e. The summed E-state index contributed by atoms with van der Waals surface area (Å²) in [7, 11) is 0. The zero-order chi connectivity index (χ0) is 26.9. The highest BCUT2D eigenvalue weighted by atomic mass is 35.5. The summed E-state index contributed by atoms with van der Waals surface area (Å²) in [5.41, 5.74) is 5.73. The second kappa shape index (κ2) is 10.5. The maximum absolute atomic E-state index is 13.0. The number of nitrogens with two attached hydrogens (primary N) is 1. The van der Waals surface area contributed by atoms with Gasteiger partial charge in [0.2, 0.25) is 0 Å². The van der Waals surface area contributed by atoms with Crippen LogP contribution in [0, 0.1) is 0 Å². The van der Waals surface area contributed by atoms with E-state index < -0.39 is 0 Å². The van der Waals surface area contributed by atoms with Crippen molar-refractivity contribution >= 4 is 28.8 Å². The molecule has 3 aliphatic heterocycles. The zero-order valence-corrected chi connectivity index (χ0v) is 22.1. The number of nitrogens with zero attached hydrogens (tertiary/aromatic N) is 4. The second-order valence-electron chi connectivity index (χ2n) is 9.87. The summed E-state index contributed by atoms with van der Waals surface area (Å²) in [5, 5.41) is 4.40. The lowest BCUT2D eigenvalue weighted by Gasteiger charge is -2.36. The van der Waals surface area contributed by atoms with Gasteiger partial charge in [0.25, 0.3) is 11.5 Å². The van der Waals surface area contributed by atoms with Gasteiger partial charge in [0.05, 0.1) is 17.0 Å². The highest BCUT2D eigenvalue weighted by Crippen LogP contribution is 2.34. The first kappa shape index (κ1) is 25.0. The maximum atomic E-state index is 13.0. The first-order valence-corrected chi connectivity index (χ1v) is 13.3. The normalized spacial score (nSPS) is 19.1. The SMILES string of the molecule is Nn1cc(C(=O)N2CCN(CC3=C(c4ccc(Cl)cc4)NC4C=CC(c5ccccc5)=CN34)CC2)ccc1=O. The number of piperazine rings is 1. The number of fused-ring (bicyclic) bond motifs is 1. The van der Waals surface area contributed by atoms with E-state index in [-0.39, 0.29) is 17.6 Å². The predicted octanol–water partition coefficient (Wildman–Crippen LogP) is 3.18. The van der Waals surface area contributed by atoms with Crippen LogP contribution < -0.4 is 16.7 Å². The van der Waals surface area contributed by atoms with Crippen molar-refractivity contribution in [2.75, 3.05) is 38.6 Å². The summed E-state index contributed by atoms with van der Waals surface area (Å²) in [4.78, 5) is 31.1. The molecule has 1 atom stereocenters. The molecule has 3 N–H and O–H groups in total. The molecule has 0 bridgehead atoms. The first-order valence-electron chi connectivity index (χ1n) is 12.9. The van der Waals surface area contributed by atoms with Crippen LogP contribution in [-0.2, 0) is 0 Å². The molecule has 1 fully saturated rings. The van der Waals surface area contributed by atoms with Gasteiger partial charge in [0.1, 0.15) is 6.17 Å². The number of carbonyl (C=O) groups excluding carboxylic acids is 1. The lowest BCUT2D eigenvalue weighted by molar-refractivity contribution is 0.0641. The number of carbonyl (C=O) groups is 1. The quantitative estimate of drug-likeness (QED) is 0.483. The van der Waals surface area contributed by atoms with Gasteiger partial charge in [-0.05, 0) is 41.0 Å². The maximum Gasteiger partial charge on any atom is 0.268 e. The molecule has 4 heterocycles. The van der Waals surface area contributed by atoms with E-state index in [4.69, 9.17) is 17.4 Å². The van der Waals surface area contributed by atoms with Crippen LogP contribution in [-0.4, -0.2) is 64.2 Å². The Hall–Kier alpha value is -4.27. The Labute approximate surface area is 231 Å². The Morgan fingerprint density at radius 2 is 1.69 bits per heavy atom. The third-order valence-corrected chi connectivity index (χ3v) is 7.64. The summed E-state index contributed by atoms with van der Waals surface area (Å²) in [6.07, 6.45) is 7.99. The molecule has 3 aliphatic rings. The fourth-order valence-corrected chi connectivity index (χ4v) is 5.37. The molecule has 6 rings (SSSR count). The van der Waals surface area contributed by atoms with Crippen molar-refractivity contribution in [3.05, 3.63) is 129 Å². The topological polar surface area (TPSA) is 86.8 Å². The van der Waals surface area contributed by atoms with Crippen LogP contribution in [0.15, 0.2) is 102 Å². The minimum absolute atomic E-state index is 0.0213. The highest BCUT2D eigenvalue weighted by Gasteiger charge is 2.33. The van der Waals surface area contributed by atoms with Crippen LogP contribution in [0.25, 0.3) is 11.3 Å². The number of pyridine rings is 1. The van der Waals surface area contributed by atoms with Crippen LogP contribution in [0.1, 0.15) is 21.5 Å². The van der Waals surface area contributed by atoms with E-state index in [1.807, 2.05) is 35.2 Å². The summed E-state index contributed by atoms with van der Waals surface area (Å²) < 4.78 is 0.946. The van der Waals surface area contributed by atoms with Crippen molar-refractivity contribution in [3.8, 4) is 0 Å². The number of rotatable bonds is 5. The number of nitrogen functional groups attached to an aromatic ring is 1. The van der Waals surface area contributed by atoms with Crippen molar-refractivity contribution in [1.82, 2.24) is 24.7 Å². The third kappa shape index (κ3) is 5.08.